The van der Waals surface area contributed by atoms with Crippen molar-refractivity contribution in [2.45, 2.75) is 52.1 Å². The molecule has 34 heavy (non-hydrogen) atoms. The van der Waals surface area contributed by atoms with Gasteiger partial charge in [-0.25, -0.2) is 0 Å². The lowest BCUT2D eigenvalue weighted by molar-refractivity contribution is -0.129. The van der Waals surface area contributed by atoms with Gasteiger partial charge in [0.05, 0.1) is 0 Å². The summed E-state index contributed by atoms with van der Waals surface area (Å²) >= 11 is 0. The molecule has 1 aliphatic rings. The van der Waals surface area contributed by atoms with Crippen LogP contribution in [-0.2, 0) is 16.1 Å². The predicted molar refractivity (Wildman–Crippen MR) is 139 cm³/mol. The minimum atomic E-state index is -0.211. The molecule has 2 amide bonds. The van der Waals surface area contributed by atoms with E-state index in [1.54, 1.807) is 17.0 Å². The fraction of sp³-hybridized carbons (Fsp3) is 0.407. The largest absolute Gasteiger partial charge is 0.473 e. The molecule has 2 N–H and O–H groups in total. The number of amides is 2. The summed E-state index contributed by atoms with van der Waals surface area (Å²) in [6, 6.07) is 16.3. The van der Waals surface area contributed by atoms with Gasteiger partial charge in [0.1, 0.15) is 6.61 Å². The lowest BCUT2D eigenvalue weighted by Gasteiger charge is -2.41. The van der Waals surface area contributed by atoms with Gasteiger partial charge in [0, 0.05) is 42.0 Å². The molecule has 0 unspecified atom stereocenters. The van der Waals surface area contributed by atoms with Gasteiger partial charge in [0.15, 0.2) is 0 Å². The SMILES string of the molecule is CCCCCC[C@@H]1CN(C(=O)CCNC(=O)c2ccc(COC(=N)c3ccccc3)cc2)C1=P. The van der Waals surface area contributed by atoms with Crippen molar-refractivity contribution < 1.29 is 14.3 Å². The van der Waals surface area contributed by atoms with E-state index in [1.165, 1.54) is 25.7 Å². The maximum absolute atomic E-state index is 12.4. The second-order valence-corrected chi connectivity index (χ2v) is 9.13. The van der Waals surface area contributed by atoms with E-state index in [-0.39, 0.29) is 30.7 Å². The number of rotatable bonds is 12. The summed E-state index contributed by atoms with van der Waals surface area (Å²) in [7, 11) is 3.63. The van der Waals surface area contributed by atoms with Crippen LogP contribution in [0.2, 0.25) is 0 Å². The van der Waals surface area contributed by atoms with Gasteiger partial charge in [0.25, 0.3) is 5.91 Å². The van der Waals surface area contributed by atoms with Gasteiger partial charge in [-0.3, -0.25) is 15.0 Å². The first-order chi connectivity index (χ1) is 16.5. The third kappa shape index (κ3) is 7.26. The van der Waals surface area contributed by atoms with Crippen LogP contribution in [0.15, 0.2) is 54.6 Å². The van der Waals surface area contributed by atoms with E-state index < -0.39 is 0 Å². The number of carbonyl (C=O) groups excluding carboxylic acids is 2. The number of likely N-dealkylation sites (tertiary alicyclic amines) is 1. The Kier molecular flexibility index (Phi) is 9.84. The van der Waals surface area contributed by atoms with E-state index in [4.69, 9.17) is 10.1 Å². The van der Waals surface area contributed by atoms with Gasteiger partial charge in [-0.1, -0.05) is 71.8 Å². The highest BCUT2D eigenvalue weighted by Crippen LogP contribution is 2.26. The van der Waals surface area contributed by atoms with Gasteiger partial charge in [0.2, 0.25) is 11.8 Å². The van der Waals surface area contributed by atoms with Crippen molar-refractivity contribution in [1.29, 1.82) is 5.41 Å². The highest BCUT2D eigenvalue weighted by atomic mass is 31.0. The van der Waals surface area contributed by atoms with Crippen molar-refractivity contribution in [2.24, 2.45) is 5.92 Å². The van der Waals surface area contributed by atoms with Crippen molar-refractivity contribution in [3.63, 3.8) is 0 Å². The Morgan fingerprint density at radius 3 is 2.47 bits per heavy atom. The van der Waals surface area contributed by atoms with Crippen LogP contribution < -0.4 is 5.32 Å². The number of unbranched alkanes of at least 4 members (excludes halogenated alkanes) is 3. The molecule has 1 saturated heterocycles. The van der Waals surface area contributed by atoms with Crippen molar-refractivity contribution >= 4 is 32.0 Å². The molecular weight excluding hydrogens is 445 g/mol. The summed E-state index contributed by atoms with van der Waals surface area (Å²) in [5.74, 6) is 0.382. The van der Waals surface area contributed by atoms with Gasteiger partial charge in [-0.2, -0.15) is 0 Å². The zero-order valence-corrected chi connectivity index (χ0v) is 20.8. The molecule has 3 rings (SSSR count). The Balaban J connectivity index is 1.34. The minimum absolute atomic E-state index is 0.0310. The molecule has 0 aromatic heterocycles. The molecule has 2 aromatic carbocycles. The van der Waals surface area contributed by atoms with E-state index in [2.05, 4.69) is 21.1 Å². The Labute approximate surface area is 204 Å². The quantitative estimate of drug-likeness (QED) is 0.193. The van der Waals surface area contributed by atoms with E-state index in [1.807, 2.05) is 42.5 Å². The van der Waals surface area contributed by atoms with Crippen molar-refractivity contribution in [3.05, 3.63) is 71.3 Å². The summed E-state index contributed by atoms with van der Waals surface area (Å²) in [6.07, 6.45) is 6.33. The monoisotopic (exact) mass is 479 g/mol. The topological polar surface area (TPSA) is 82.5 Å². The molecule has 0 radical (unpaired) electrons. The summed E-state index contributed by atoms with van der Waals surface area (Å²) in [4.78, 5) is 26.6. The highest BCUT2D eigenvalue weighted by molar-refractivity contribution is 7.21. The second kappa shape index (κ2) is 13.0. The van der Waals surface area contributed by atoms with Crippen molar-refractivity contribution in [2.75, 3.05) is 13.1 Å². The molecule has 6 nitrogen and oxygen atoms in total. The molecule has 0 bridgehead atoms. The van der Waals surface area contributed by atoms with Crippen molar-refractivity contribution in [1.82, 2.24) is 10.2 Å². The Hall–Kier alpha value is -2.98. The first kappa shape index (κ1) is 25.6. The molecule has 1 fully saturated rings. The van der Waals surface area contributed by atoms with E-state index in [9.17, 15) is 9.59 Å². The first-order valence-corrected chi connectivity index (χ1v) is 12.5. The van der Waals surface area contributed by atoms with Crippen LogP contribution in [-0.4, -0.2) is 41.1 Å². The fourth-order valence-electron chi connectivity index (χ4n) is 3.90. The van der Waals surface area contributed by atoms with Crippen LogP contribution in [0.1, 0.15) is 66.9 Å². The lowest BCUT2D eigenvalue weighted by Crippen LogP contribution is -2.54. The number of nitrogens with one attached hydrogen (secondary N) is 2. The number of benzene rings is 2. The third-order valence-electron chi connectivity index (χ3n) is 6.05. The van der Waals surface area contributed by atoms with E-state index in [0.29, 0.717) is 18.0 Å². The van der Waals surface area contributed by atoms with Gasteiger partial charge >= 0.3 is 0 Å². The summed E-state index contributed by atoms with van der Waals surface area (Å²) in [5, 5.41) is 10.8. The molecule has 180 valence electrons. The molecule has 1 atom stereocenters. The van der Waals surface area contributed by atoms with Gasteiger partial charge < -0.3 is 15.0 Å². The highest BCUT2D eigenvalue weighted by Gasteiger charge is 2.34. The fourth-order valence-corrected chi connectivity index (χ4v) is 4.35. The van der Waals surface area contributed by atoms with Gasteiger partial charge in [-0.05, 0) is 36.2 Å². The first-order valence-electron chi connectivity index (χ1n) is 12.0. The molecule has 0 aliphatic carbocycles. The number of carbonyl (C=O) groups is 2. The van der Waals surface area contributed by atoms with Crippen LogP contribution in [0.5, 0.6) is 0 Å². The molecular formula is C27H34N3O3P. The molecule has 7 heteroatoms. The molecule has 1 heterocycles. The maximum atomic E-state index is 12.4. The smallest absolute Gasteiger partial charge is 0.251 e. The Morgan fingerprint density at radius 1 is 1.06 bits per heavy atom. The van der Waals surface area contributed by atoms with Crippen LogP contribution in [0.4, 0.5) is 0 Å². The number of ether oxygens (including phenoxy) is 1. The van der Waals surface area contributed by atoms with Crippen molar-refractivity contribution in [3.8, 4) is 0 Å². The molecule has 0 saturated carbocycles. The summed E-state index contributed by atoms with van der Waals surface area (Å²) < 4.78 is 5.53. The Morgan fingerprint density at radius 2 is 1.79 bits per heavy atom. The zero-order valence-electron chi connectivity index (χ0n) is 19.8. The van der Waals surface area contributed by atoms with Crippen LogP contribution in [0, 0.1) is 11.3 Å². The maximum Gasteiger partial charge on any atom is 0.251 e. The standard InChI is InChI=1S/C27H34N3O3P/c1-2-3-4-6-11-23-18-30(27(23)34)24(31)16-17-29-26(32)22-14-12-20(13-15-22)19-33-25(28)21-9-7-5-8-10-21/h5,7-10,12-15,23,28,34H,2-4,6,11,16-19H2,1H3,(H,29,32)/t23-/m1/s1. The Bertz CT molecular complexity index is 992. The molecule has 1 aliphatic heterocycles. The predicted octanol–water partition coefficient (Wildman–Crippen LogP) is 5.05. The zero-order chi connectivity index (χ0) is 24.3. The minimum Gasteiger partial charge on any atom is -0.473 e. The van der Waals surface area contributed by atoms with E-state index in [0.717, 1.165) is 29.5 Å². The summed E-state index contributed by atoms with van der Waals surface area (Å²) in [5.41, 5.74) is 3.09. The number of nitrogens with zero attached hydrogens (tertiary/aromatic N) is 1. The van der Waals surface area contributed by atoms with Crippen LogP contribution >= 0.6 is 8.86 Å². The van der Waals surface area contributed by atoms with Crippen LogP contribution in [0.3, 0.4) is 0 Å². The third-order valence-corrected chi connectivity index (χ3v) is 6.73. The number of hydrogen-bond donors (Lipinski definition) is 2. The van der Waals surface area contributed by atoms with Gasteiger partial charge in [-0.15, -0.1) is 0 Å². The normalized spacial score (nSPS) is 14.9. The average Bonchev–Trinajstić information content (AvgIpc) is 2.86. The number of hydrogen-bond acceptors (Lipinski definition) is 4. The average molecular weight is 480 g/mol. The van der Waals surface area contributed by atoms with E-state index >= 15 is 0 Å². The second-order valence-electron chi connectivity index (χ2n) is 8.62. The van der Waals surface area contributed by atoms with Crippen LogP contribution in [0.25, 0.3) is 0 Å². The lowest BCUT2D eigenvalue weighted by atomic mass is 9.92. The summed E-state index contributed by atoms with van der Waals surface area (Å²) in [6.45, 7) is 3.53. The molecule has 0 spiro atoms. The molecule has 2 aromatic rings.